The van der Waals surface area contributed by atoms with E-state index < -0.39 is 6.10 Å². The Balaban J connectivity index is 3.94. The summed E-state index contributed by atoms with van der Waals surface area (Å²) in [6, 6.07) is 0. The van der Waals surface area contributed by atoms with Gasteiger partial charge >= 0.3 is 0 Å². The molecule has 0 spiro atoms. The molecular weight excluding hydrogens is 152 g/mol. The number of carbonyl (C=O) groups is 1. The standard InChI is InChI=1S/C10H18O2/c1-5-8(4)6-9(11)10(12)7(2)3/h5,7-9,11H,1,6H2,2-4H3. The van der Waals surface area contributed by atoms with E-state index in [0.29, 0.717) is 6.42 Å². The zero-order valence-electron chi connectivity index (χ0n) is 8.08. The Hall–Kier alpha value is -0.630. The minimum absolute atomic E-state index is 0.0799. The summed E-state index contributed by atoms with van der Waals surface area (Å²) in [6.07, 6.45) is 1.41. The number of allylic oxidation sites excluding steroid dienone is 1. The molecule has 0 aromatic carbocycles. The van der Waals surface area contributed by atoms with E-state index in [1.807, 2.05) is 6.92 Å². The Kier molecular flexibility index (Phi) is 4.83. The van der Waals surface area contributed by atoms with Crippen molar-refractivity contribution in [3.05, 3.63) is 12.7 Å². The number of ketones is 1. The Labute approximate surface area is 74.3 Å². The summed E-state index contributed by atoms with van der Waals surface area (Å²) >= 11 is 0. The van der Waals surface area contributed by atoms with Crippen LogP contribution in [0.5, 0.6) is 0 Å². The van der Waals surface area contributed by atoms with E-state index in [1.54, 1.807) is 19.9 Å². The van der Waals surface area contributed by atoms with Crippen molar-refractivity contribution in [3.8, 4) is 0 Å². The van der Waals surface area contributed by atoms with Crippen LogP contribution in [0.25, 0.3) is 0 Å². The van der Waals surface area contributed by atoms with Crippen LogP contribution in [0.3, 0.4) is 0 Å². The lowest BCUT2D eigenvalue weighted by Gasteiger charge is -2.14. The minimum Gasteiger partial charge on any atom is -0.385 e. The monoisotopic (exact) mass is 170 g/mol. The molecule has 0 aromatic rings. The summed E-state index contributed by atoms with van der Waals surface area (Å²) in [5.74, 6) is 0.0309. The molecule has 1 N–H and O–H groups in total. The van der Waals surface area contributed by atoms with Gasteiger partial charge < -0.3 is 5.11 Å². The fourth-order valence-electron chi connectivity index (χ4n) is 0.949. The van der Waals surface area contributed by atoms with Gasteiger partial charge in [0.05, 0.1) is 0 Å². The molecular formula is C10H18O2. The zero-order valence-corrected chi connectivity index (χ0v) is 8.08. The normalized spacial score (nSPS) is 15.8. The summed E-state index contributed by atoms with van der Waals surface area (Å²) in [5, 5.41) is 9.39. The number of hydrogen-bond acceptors (Lipinski definition) is 2. The number of aliphatic hydroxyl groups excluding tert-OH is 1. The lowest BCUT2D eigenvalue weighted by atomic mass is 9.96. The van der Waals surface area contributed by atoms with E-state index in [4.69, 9.17) is 0 Å². The van der Waals surface area contributed by atoms with Gasteiger partial charge in [0.15, 0.2) is 5.78 Å². The smallest absolute Gasteiger partial charge is 0.163 e. The Morgan fingerprint density at radius 2 is 2.00 bits per heavy atom. The fraction of sp³-hybridized carbons (Fsp3) is 0.700. The van der Waals surface area contributed by atoms with Crippen LogP contribution in [0.15, 0.2) is 12.7 Å². The van der Waals surface area contributed by atoms with Crippen LogP contribution in [0.2, 0.25) is 0 Å². The third-order valence-electron chi connectivity index (χ3n) is 1.89. The second-order valence-electron chi connectivity index (χ2n) is 3.52. The Morgan fingerprint density at radius 1 is 1.50 bits per heavy atom. The largest absolute Gasteiger partial charge is 0.385 e. The second-order valence-corrected chi connectivity index (χ2v) is 3.52. The highest BCUT2D eigenvalue weighted by Gasteiger charge is 2.19. The van der Waals surface area contributed by atoms with E-state index in [9.17, 15) is 9.90 Å². The predicted octanol–water partition coefficient (Wildman–Crippen LogP) is 1.78. The molecule has 2 heteroatoms. The molecule has 0 amide bonds. The molecule has 0 heterocycles. The van der Waals surface area contributed by atoms with Crippen LogP contribution in [0.4, 0.5) is 0 Å². The molecule has 2 nitrogen and oxygen atoms in total. The average Bonchev–Trinajstić information content (AvgIpc) is 2.02. The number of aliphatic hydroxyl groups is 1. The van der Waals surface area contributed by atoms with Gasteiger partial charge in [-0.25, -0.2) is 0 Å². The molecule has 0 aliphatic carbocycles. The highest BCUT2D eigenvalue weighted by Crippen LogP contribution is 2.10. The molecule has 2 unspecified atom stereocenters. The highest BCUT2D eigenvalue weighted by atomic mass is 16.3. The van der Waals surface area contributed by atoms with Crippen molar-refractivity contribution >= 4 is 5.78 Å². The first-order valence-corrected chi connectivity index (χ1v) is 4.33. The first-order valence-electron chi connectivity index (χ1n) is 4.33. The molecule has 70 valence electrons. The summed E-state index contributed by atoms with van der Waals surface area (Å²) in [5.41, 5.74) is 0. The van der Waals surface area contributed by atoms with Gasteiger partial charge in [0.1, 0.15) is 6.10 Å². The van der Waals surface area contributed by atoms with Crippen LogP contribution in [0.1, 0.15) is 27.2 Å². The molecule has 2 atom stereocenters. The summed E-state index contributed by atoms with van der Waals surface area (Å²) in [7, 11) is 0. The van der Waals surface area contributed by atoms with Crippen molar-refractivity contribution in [2.24, 2.45) is 11.8 Å². The fourth-order valence-corrected chi connectivity index (χ4v) is 0.949. The van der Waals surface area contributed by atoms with Gasteiger partial charge in [-0.3, -0.25) is 4.79 Å². The van der Waals surface area contributed by atoms with Crippen molar-refractivity contribution in [2.45, 2.75) is 33.3 Å². The van der Waals surface area contributed by atoms with Gasteiger partial charge in [-0.15, -0.1) is 6.58 Å². The number of hydrogen-bond donors (Lipinski definition) is 1. The van der Waals surface area contributed by atoms with Gasteiger partial charge in [0.2, 0.25) is 0 Å². The van der Waals surface area contributed by atoms with Crippen molar-refractivity contribution in [2.75, 3.05) is 0 Å². The SMILES string of the molecule is C=CC(C)CC(O)C(=O)C(C)C. The van der Waals surface area contributed by atoms with Crippen LogP contribution in [-0.4, -0.2) is 17.0 Å². The first kappa shape index (κ1) is 11.4. The van der Waals surface area contributed by atoms with E-state index in [-0.39, 0.29) is 17.6 Å². The maximum Gasteiger partial charge on any atom is 0.163 e. The van der Waals surface area contributed by atoms with Gasteiger partial charge in [-0.1, -0.05) is 26.8 Å². The number of Topliss-reactive ketones (excluding diaryl/α,β-unsaturated/α-hetero) is 1. The Morgan fingerprint density at radius 3 is 2.33 bits per heavy atom. The van der Waals surface area contributed by atoms with Crippen LogP contribution < -0.4 is 0 Å². The minimum atomic E-state index is -0.821. The third kappa shape index (κ3) is 3.67. The quantitative estimate of drug-likeness (QED) is 0.639. The predicted molar refractivity (Wildman–Crippen MR) is 49.8 cm³/mol. The molecule has 12 heavy (non-hydrogen) atoms. The zero-order chi connectivity index (χ0) is 9.72. The Bertz CT molecular complexity index is 161. The summed E-state index contributed by atoms with van der Waals surface area (Å²) in [4.78, 5) is 11.2. The lowest BCUT2D eigenvalue weighted by Crippen LogP contribution is -2.26. The number of rotatable bonds is 5. The maximum atomic E-state index is 11.2. The van der Waals surface area contributed by atoms with Crippen LogP contribution in [0, 0.1) is 11.8 Å². The van der Waals surface area contributed by atoms with Crippen LogP contribution in [-0.2, 0) is 4.79 Å². The molecule has 0 rings (SSSR count). The van der Waals surface area contributed by atoms with Crippen molar-refractivity contribution in [3.63, 3.8) is 0 Å². The van der Waals surface area contributed by atoms with Crippen molar-refractivity contribution in [1.29, 1.82) is 0 Å². The lowest BCUT2D eigenvalue weighted by molar-refractivity contribution is -0.130. The first-order chi connectivity index (χ1) is 5.49. The summed E-state index contributed by atoms with van der Waals surface area (Å²) in [6.45, 7) is 9.12. The van der Waals surface area contributed by atoms with Gasteiger partial charge in [-0.05, 0) is 12.3 Å². The molecule has 0 bridgehead atoms. The van der Waals surface area contributed by atoms with Crippen LogP contribution >= 0.6 is 0 Å². The van der Waals surface area contributed by atoms with Crippen molar-refractivity contribution < 1.29 is 9.90 Å². The summed E-state index contributed by atoms with van der Waals surface area (Å²) < 4.78 is 0. The molecule has 0 radical (unpaired) electrons. The molecule has 0 saturated carbocycles. The molecule has 0 aromatic heterocycles. The van der Waals surface area contributed by atoms with Gasteiger partial charge in [0, 0.05) is 5.92 Å². The molecule has 0 fully saturated rings. The highest BCUT2D eigenvalue weighted by molar-refractivity contribution is 5.84. The van der Waals surface area contributed by atoms with E-state index >= 15 is 0 Å². The van der Waals surface area contributed by atoms with E-state index in [2.05, 4.69) is 6.58 Å². The van der Waals surface area contributed by atoms with Gasteiger partial charge in [0.25, 0.3) is 0 Å². The van der Waals surface area contributed by atoms with E-state index in [0.717, 1.165) is 0 Å². The molecule has 0 aliphatic rings. The van der Waals surface area contributed by atoms with E-state index in [1.165, 1.54) is 0 Å². The maximum absolute atomic E-state index is 11.2. The molecule has 0 aliphatic heterocycles. The third-order valence-corrected chi connectivity index (χ3v) is 1.89. The second kappa shape index (κ2) is 5.09. The number of carbonyl (C=O) groups excluding carboxylic acids is 1. The van der Waals surface area contributed by atoms with Crippen molar-refractivity contribution in [1.82, 2.24) is 0 Å². The average molecular weight is 170 g/mol. The molecule has 0 saturated heterocycles. The topological polar surface area (TPSA) is 37.3 Å². The van der Waals surface area contributed by atoms with Gasteiger partial charge in [-0.2, -0.15) is 0 Å².